The van der Waals surface area contributed by atoms with E-state index in [9.17, 15) is 8.78 Å². The molecule has 0 aliphatic carbocycles. The first-order valence-corrected chi connectivity index (χ1v) is 10.4. The Labute approximate surface area is 177 Å². The van der Waals surface area contributed by atoms with Crippen molar-refractivity contribution in [3.8, 4) is 0 Å². The van der Waals surface area contributed by atoms with Crippen LogP contribution in [0.15, 0.2) is 29.4 Å². The van der Waals surface area contributed by atoms with Gasteiger partial charge < -0.3 is 15.7 Å². The summed E-state index contributed by atoms with van der Waals surface area (Å²) in [7, 11) is 1.71. The molecule has 7 nitrogen and oxygen atoms in total. The summed E-state index contributed by atoms with van der Waals surface area (Å²) >= 11 is 7.51. The van der Waals surface area contributed by atoms with Gasteiger partial charge in [0.2, 0.25) is 0 Å². The zero-order valence-electron chi connectivity index (χ0n) is 15.9. The molecule has 0 radical (unpaired) electrons. The number of nitrogens with zero attached hydrogens (tertiary/aromatic N) is 4. The Morgan fingerprint density at radius 1 is 1.38 bits per heavy atom. The average Bonchev–Trinajstić information content (AvgIpc) is 3.06. The van der Waals surface area contributed by atoms with Crippen LogP contribution in [0.1, 0.15) is 12.0 Å². The van der Waals surface area contributed by atoms with Crippen LogP contribution in [0, 0.1) is 0 Å². The van der Waals surface area contributed by atoms with Crippen LogP contribution in [-0.4, -0.2) is 53.5 Å². The van der Waals surface area contributed by atoms with Crippen molar-refractivity contribution in [3.63, 3.8) is 0 Å². The molecule has 1 aliphatic heterocycles. The summed E-state index contributed by atoms with van der Waals surface area (Å²) in [6.45, 7) is 0.0148. The Bertz CT molecular complexity index is 859. The molecule has 4 N–H and O–H groups in total. The minimum absolute atomic E-state index is 0.0553. The fraction of sp³-hybridized carbons (Fsp3) is 0.444. The number of alkyl halides is 2. The molecule has 1 saturated heterocycles. The number of aliphatic hydroxyl groups excluding tert-OH is 1. The molecular weight excluding hydrogens is 422 g/mol. The first kappa shape index (κ1) is 21.8. The largest absolute Gasteiger partial charge is 0.396 e. The molecule has 0 unspecified atom stereocenters. The quantitative estimate of drug-likeness (QED) is 0.325. The lowest BCUT2D eigenvalue weighted by molar-refractivity contribution is 0.0257. The number of aliphatic hydroxyl groups is 1. The maximum absolute atomic E-state index is 13.8. The smallest absolute Gasteiger partial charge is 0.266 e. The summed E-state index contributed by atoms with van der Waals surface area (Å²) in [6, 6.07) is 7.38. The van der Waals surface area contributed by atoms with Gasteiger partial charge in [-0.2, -0.15) is 0 Å². The van der Waals surface area contributed by atoms with E-state index in [4.69, 9.17) is 22.4 Å². The molecule has 1 fully saturated rings. The van der Waals surface area contributed by atoms with Crippen LogP contribution in [0.3, 0.4) is 0 Å². The number of nitrogens with two attached hydrogens (primary N) is 1. The van der Waals surface area contributed by atoms with Gasteiger partial charge in [-0.25, -0.2) is 24.2 Å². The highest BCUT2D eigenvalue weighted by atomic mass is 35.5. The number of benzene rings is 1. The Morgan fingerprint density at radius 2 is 2.14 bits per heavy atom. The van der Waals surface area contributed by atoms with Crippen molar-refractivity contribution < 1.29 is 13.9 Å². The van der Waals surface area contributed by atoms with Crippen LogP contribution in [0.2, 0.25) is 5.02 Å². The van der Waals surface area contributed by atoms with E-state index in [1.807, 2.05) is 18.2 Å². The first-order valence-electron chi connectivity index (χ1n) is 9.07. The van der Waals surface area contributed by atoms with E-state index in [-0.39, 0.29) is 31.1 Å². The SMILES string of the molecule is CNN(Cc1ccccc1Cl)c1nc(SCCO)nc(N2CCC(F)(F)C2)c1N. The number of aromatic nitrogens is 2. The van der Waals surface area contributed by atoms with Crippen LogP contribution >= 0.6 is 23.4 Å². The zero-order chi connectivity index (χ0) is 21.0. The maximum Gasteiger partial charge on any atom is 0.266 e. The summed E-state index contributed by atoms with van der Waals surface area (Å²) in [4.78, 5) is 10.4. The van der Waals surface area contributed by atoms with E-state index >= 15 is 0 Å². The maximum atomic E-state index is 13.8. The van der Waals surface area contributed by atoms with E-state index in [0.717, 1.165) is 5.56 Å². The zero-order valence-corrected chi connectivity index (χ0v) is 17.5. The Hall–Kier alpha value is -1.88. The van der Waals surface area contributed by atoms with E-state index in [2.05, 4.69) is 15.4 Å². The molecule has 0 saturated carbocycles. The Balaban J connectivity index is 1.99. The predicted octanol–water partition coefficient (Wildman–Crippen LogP) is 2.78. The number of nitrogen functional groups attached to an aromatic ring is 1. The van der Waals surface area contributed by atoms with Crippen LogP contribution in [0.4, 0.5) is 26.1 Å². The van der Waals surface area contributed by atoms with Crippen molar-refractivity contribution in [1.82, 2.24) is 15.4 Å². The molecule has 0 atom stereocenters. The molecule has 2 aromatic rings. The van der Waals surface area contributed by atoms with Crippen molar-refractivity contribution >= 4 is 40.7 Å². The number of hydrogen-bond donors (Lipinski definition) is 3. The fourth-order valence-corrected chi connectivity index (χ4v) is 3.82. The third-order valence-corrected chi connectivity index (χ3v) is 5.68. The standard InChI is InChI=1S/C18H23ClF2N6OS/c1-23-27(10-12-4-2-3-5-13(12)19)16-14(22)15(24-17(25-16)29-9-8-28)26-7-6-18(20,21)11-26/h2-5,23,28H,6-11,22H2,1H3. The second kappa shape index (κ2) is 9.29. The van der Waals surface area contributed by atoms with Gasteiger partial charge in [0.05, 0.1) is 19.7 Å². The van der Waals surface area contributed by atoms with Gasteiger partial charge in [-0.15, -0.1) is 0 Å². The topological polar surface area (TPSA) is 90.5 Å². The molecule has 0 bridgehead atoms. The summed E-state index contributed by atoms with van der Waals surface area (Å²) in [5.74, 6) is -1.76. The summed E-state index contributed by atoms with van der Waals surface area (Å²) in [5.41, 5.74) is 10.4. The number of halogens is 3. The molecule has 29 heavy (non-hydrogen) atoms. The first-order chi connectivity index (χ1) is 13.8. The number of thioether (sulfide) groups is 1. The highest BCUT2D eigenvalue weighted by Crippen LogP contribution is 2.37. The lowest BCUT2D eigenvalue weighted by atomic mass is 10.2. The van der Waals surface area contributed by atoms with Crippen molar-refractivity contribution in [3.05, 3.63) is 34.9 Å². The average molecular weight is 445 g/mol. The van der Waals surface area contributed by atoms with Crippen LogP contribution in [0.25, 0.3) is 0 Å². The van der Waals surface area contributed by atoms with Gasteiger partial charge in [0.25, 0.3) is 5.92 Å². The molecule has 11 heteroatoms. The summed E-state index contributed by atoms with van der Waals surface area (Å²) < 4.78 is 27.5. The summed E-state index contributed by atoms with van der Waals surface area (Å²) in [6.07, 6.45) is -0.250. The fourth-order valence-electron chi connectivity index (χ4n) is 3.05. The highest BCUT2D eigenvalue weighted by Gasteiger charge is 2.40. The third kappa shape index (κ3) is 5.19. The molecule has 1 aliphatic rings. The molecule has 1 aromatic carbocycles. The highest BCUT2D eigenvalue weighted by molar-refractivity contribution is 7.99. The van der Waals surface area contributed by atoms with Gasteiger partial charge in [-0.3, -0.25) is 5.01 Å². The lowest BCUT2D eigenvalue weighted by Gasteiger charge is -2.27. The summed E-state index contributed by atoms with van der Waals surface area (Å²) in [5, 5.41) is 11.8. The number of rotatable bonds is 8. The normalized spacial score (nSPS) is 15.7. The van der Waals surface area contributed by atoms with Crippen LogP contribution < -0.4 is 21.1 Å². The van der Waals surface area contributed by atoms with Gasteiger partial charge in [0.15, 0.2) is 16.8 Å². The molecule has 1 aromatic heterocycles. The monoisotopic (exact) mass is 444 g/mol. The van der Waals surface area contributed by atoms with Gasteiger partial charge in [0.1, 0.15) is 5.69 Å². The van der Waals surface area contributed by atoms with Gasteiger partial charge >= 0.3 is 0 Å². The van der Waals surface area contributed by atoms with Gasteiger partial charge in [-0.05, 0) is 11.6 Å². The number of hydrogen-bond acceptors (Lipinski definition) is 8. The molecule has 0 spiro atoms. The van der Waals surface area contributed by atoms with Gasteiger partial charge in [-0.1, -0.05) is 41.6 Å². The molecule has 158 valence electrons. The predicted molar refractivity (Wildman–Crippen MR) is 113 cm³/mol. The second-order valence-electron chi connectivity index (χ2n) is 6.57. The molecule has 3 rings (SSSR count). The lowest BCUT2D eigenvalue weighted by Crippen LogP contribution is -2.37. The number of hydrazine groups is 1. The van der Waals surface area contributed by atoms with E-state index in [0.29, 0.717) is 28.3 Å². The number of anilines is 3. The van der Waals surface area contributed by atoms with Crippen molar-refractivity contribution in [2.45, 2.75) is 24.0 Å². The van der Waals surface area contributed by atoms with Crippen LogP contribution in [0.5, 0.6) is 0 Å². The molecular formula is C18H23ClF2N6OS. The Morgan fingerprint density at radius 3 is 2.76 bits per heavy atom. The van der Waals surface area contributed by atoms with Crippen molar-refractivity contribution in [1.29, 1.82) is 0 Å². The van der Waals surface area contributed by atoms with Crippen molar-refractivity contribution in [2.75, 3.05) is 48.1 Å². The molecule has 2 heterocycles. The molecule has 0 amide bonds. The minimum atomic E-state index is -2.78. The van der Waals surface area contributed by atoms with E-state index < -0.39 is 12.5 Å². The van der Waals surface area contributed by atoms with E-state index in [1.165, 1.54) is 16.7 Å². The van der Waals surface area contributed by atoms with Crippen molar-refractivity contribution in [2.24, 2.45) is 0 Å². The minimum Gasteiger partial charge on any atom is -0.396 e. The van der Waals surface area contributed by atoms with Gasteiger partial charge in [0, 0.05) is 30.8 Å². The van der Waals surface area contributed by atoms with E-state index in [1.54, 1.807) is 18.1 Å². The second-order valence-corrected chi connectivity index (χ2v) is 8.04. The third-order valence-electron chi connectivity index (χ3n) is 4.49. The number of nitrogens with one attached hydrogen (secondary N) is 1. The van der Waals surface area contributed by atoms with Crippen LogP contribution in [-0.2, 0) is 6.54 Å². The Kier molecular flexibility index (Phi) is 6.99.